The molecule has 7 nitrogen and oxygen atoms in total. The maximum Gasteiger partial charge on any atom is 0.328 e. The van der Waals surface area contributed by atoms with Gasteiger partial charge in [0, 0.05) is 27.2 Å². The van der Waals surface area contributed by atoms with Crippen molar-refractivity contribution in [3.05, 3.63) is 34.2 Å². The van der Waals surface area contributed by atoms with Gasteiger partial charge in [0.15, 0.2) is 0 Å². The van der Waals surface area contributed by atoms with Crippen molar-refractivity contribution in [1.29, 1.82) is 0 Å². The van der Waals surface area contributed by atoms with Crippen LogP contribution in [0.4, 0.5) is 0 Å². The lowest BCUT2D eigenvalue weighted by atomic mass is 9.77. The lowest BCUT2D eigenvalue weighted by Gasteiger charge is -2.33. The molecule has 0 radical (unpaired) electrons. The van der Waals surface area contributed by atoms with Crippen molar-refractivity contribution in [2.75, 3.05) is 26.7 Å². The summed E-state index contributed by atoms with van der Waals surface area (Å²) in [7, 11) is 5.62. The summed E-state index contributed by atoms with van der Waals surface area (Å²) in [5.41, 5.74) is 3.06. The molecule has 2 fully saturated rings. The summed E-state index contributed by atoms with van der Waals surface area (Å²) in [6.07, 6.45) is 3.25. The fraction of sp³-hybridized carbons (Fsp3) is 0.600. The van der Waals surface area contributed by atoms with Crippen LogP contribution in [0.3, 0.4) is 0 Å². The summed E-state index contributed by atoms with van der Waals surface area (Å²) in [5.74, 6) is 0.106. The molecule has 2 N–H and O–H groups in total. The van der Waals surface area contributed by atoms with Crippen molar-refractivity contribution in [1.82, 2.24) is 24.7 Å². The molecule has 0 bridgehead atoms. The Morgan fingerprint density at radius 2 is 1.79 bits per heavy atom. The molecule has 1 unspecified atom stereocenters. The second kappa shape index (κ2) is 9.08. The van der Waals surface area contributed by atoms with Crippen molar-refractivity contribution < 1.29 is 4.79 Å². The number of likely N-dealkylation sites (N-methyl/N-ethyl adjacent to an activating group) is 1. The van der Waals surface area contributed by atoms with Crippen LogP contribution in [0.2, 0.25) is 0 Å². The summed E-state index contributed by atoms with van der Waals surface area (Å²) >= 11 is 0. The minimum atomic E-state index is -0.0482. The topological polar surface area (TPSA) is 71.3 Å². The van der Waals surface area contributed by atoms with Gasteiger partial charge in [-0.1, -0.05) is 6.07 Å². The fourth-order valence-corrected chi connectivity index (χ4v) is 4.85. The van der Waals surface area contributed by atoms with Crippen molar-refractivity contribution in [3.63, 3.8) is 0 Å². The highest BCUT2D eigenvalue weighted by Crippen LogP contribution is 2.41. The van der Waals surface area contributed by atoms with Crippen LogP contribution >= 0.6 is 24.8 Å². The molecule has 4 rings (SSSR count). The number of hydrogen-bond donors (Lipinski definition) is 2. The molecule has 2 saturated heterocycles. The number of aryl methyl sites for hydroxylation is 2. The zero-order chi connectivity index (χ0) is 19.2. The molecule has 1 atom stereocenters. The first-order valence-corrected chi connectivity index (χ1v) is 9.73. The number of likely N-dealkylation sites (tertiary alicyclic amines) is 1. The first-order valence-electron chi connectivity index (χ1n) is 9.73. The lowest BCUT2D eigenvalue weighted by molar-refractivity contribution is -0.125. The zero-order valence-electron chi connectivity index (χ0n) is 17.2. The van der Waals surface area contributed by atoms with Crippen molar-refractivity contribution >= 4 is 41.8 Å². The van der Waals surface area contributed by atoms with Gasteiger partial charge in [0.25, 0.3) is 0 Å². The monoisotopic (exact) mass is 443 g/mol. The van der Waals surface area contributed by atoms with E-state index >= 15 is 0 Å². The largest absolute Gasteiger partial charge is 0.351 e. The Morgan fingerprint density at radius 3 is 2.48 bits per heavy atom. The average molecular weight is 444 g/mol. The zero-order valence-corrected chi connectivity index (χ0v) is 18.9. The number of benzene rings is 1. The molecule has 0 saturated carbocycles. The van der Waals surface area contributed by atoms with E-state index in [1.807, 2.05) is 18.2 Å². The van der Waals surface area contributed by atoms with Crippen LogP contribution in [0.25, 0.3) is 11.0 Å². The Bertz CT molecular complexity index is 933. The standard InChI is InChI=1S/C20H29N5O2.2ClH/c1-23-13-20(6-8-21-9-7-20)11-17(23)18(26)22-12-14-4-5-15-16(10-14)25(3)19(27)24(15)2;;/h4-5,10,17,21H,6-9,11-13H2,1-3H3,(H,22,26);2*1H. The van der Waals surface area contributed by atoms with E-state index in [1.165, 1.54) is 0 Å². The van der Waals surface area contributed by atoms with Crippen LogP contribution < -0.4 is 16.3 Å². The Kier molecular flexibility index (Phi) is 7.43. The lowest BCUT2D eigenvalue weighted by Crippen LogP contribution is -2.41. The minimum Gasteiger partial charge on any atom is -0.351 e. The Hall–Kier alpha value is -1.54. The third kappa shape index (κ3) is 4.33. The summed E-state index contributed by atoms with van der Waals surface area (Å²) in [6.45, 7) is 3.59. The van der Waals surface area contributed by atoms with Crippen LogP contribution in [-0.2, 0) is 25.4 Å². The molecule has 0 aliphatic carbocycles. The smallest absolute Gasteiger partial charge is 0.328 e. The first-order chi connectivity index (χ1) is 12.9. The van der Waals surface area contributed by atoms with E-state index in [0.29, 0.717) is 12.0 Å². The Balaban J connectivity index is 0.00000150. The molecule has 2 aromatic rings. The predicted octanol–water partition coefficient (Wildman–Crippen LogP) is 1.41. The van der Waals surface area contributed by atoms with E-state index < -0.39 is 0 Å². The predicted molar refractivity (Wildman–Crippen MR) is 120 cm³/mol. The molecule has 1 aromatic carbocycles. The van der Waals surface area contributed by atoms with Crippen molar-refractivity contribution in [2.45, 2.75) is 31.8 Å². The van der Waals surface area contributed by atoms with Crippen LogP contribution in [0.1, 0.15) is 24.8 Å². The van der Waals surface area contributed by atoms with Gasteiger partial charge in [0.2, 0.25) is 5.91 Å². The number of fused-ring (bicyclic) bond motifs is 1. The van der Waals surface area contributed by atoms with E-state index in [1.54, 1.807) is 23.2 Å². The molecule has 3 heterocycles. The molecular formula is C20H31Cl2N5O2. The van der Waals surface area contributed by atoms with E-state index in [4.69, 9.17) is 0 Å². The number of nitrogens with one attached hydrogen (secondary N) is 2. The highest BCUT2D eigenvalue weighted by Gasteiger charge is 2.45. The van der Waals surface area contributed by atoms with E-state index in [2.05, 4.69) is 22.6 Å². The third-order valence-corrected chi connectivity index (χ3v) is 6.51. The molecule has 162 valence electrons. The molecule has 1 aromatic heterocycles. The Labute approximate surface area is 183 Å². The van der Waals surface area contributed by atoms with Gasteiger partial charge in [-0.25, -0.2) is 4.79 Å². The second-order valence-corrected chi connectivity index (χ2v) is 8.33. The summed E-state index contributed by atoms with van der Waals surface area (Å²) in [4.78, 5) is 27.1. The molecule has 2 aliphatic heterocycles. The number of nitrogens with zero attached hydrogens (tertiary/aromatic N) is 3. The number of imidazole rings is 1. The van der Waals surface area contributed by atoms with Gasteiger partial charge in [-0.2, -0.15) is 0 Å². The molecular weight excluding hydrogens is 413 g/mol. The summed E-state index contributed by atoms with van der Waals surface area (Å²) in [6, 6.07) is 5.87. The summed E-state index contributed by atoms with van der Waals surface area (Å²) in [5, 5.41) is 6.53. The van der Waals surface area contributed by atoms with Gasteiger partial charge in [0.05, 0.1) is 17.1 Å². The normalized spacial score (nSPS) is 21.0. The highest BCUT2D eigenvalue weighted by atomic mass is 35.5. The number of carbonyl (C=O) groups is 1. The number of rotatable bonds is 3. The quantitative estimate of drug-likeness (QED) is 0.751. The number of aromatic nitrogens is 2. The number of hydrogen-bond acceptors (Lipinski definition) is 4. The first kappa shape index (κ1) is 23.7. The number of amides is 1. The van der Waals surface area contributed by atoms with E-state index in [0.717, 1.165) is 55.5 Å². The second-order valence-electron chi connectivity index (χ2n) is 8.33. The molecule has 2 aliphatic rings. The van der Waals surface area contributed by atoms with Crippen LogP contribution in [0, 0.1) is 5.41 Å². The molecule has 9 heteroatoms. The maximum absolute atomic E-state index is 12.8. The van der Waals surface area contributed by atoms with Gasteiger partial charge in [-0.3, -0.25) is 18.8 Å². The third-order valence-electron chi connectivity index (χ3n) is 6.51. The van der Waals surface area contributed by atoms with Crippen LogP contribution in [0.15, 0.2) is 23.0 Å². The van der Waals surface area contributed by atoms with Crippen molar-refractivity contribution in [3.8, 4) is 0 Å². The maximum atomic E-state index is 12.8. The van der Waals surface area contributed by atoms with Gasteiger partial charge >= 0.3 is 5.69 Å². The van der Waals surface area contributed by atoms with Gasteiger partial charge < -0.3 is 10.6 Å². The molecule has 1 spiro atoms. The Morgan fingerprint density at radius 1 is 1.14 bits per heavy atom. The van der Waals surface area contributed by atoms with Crippen molar-refractivity contribution in [2.24, 2.45) is 19.5 Å². The van der Waals surface area contributed by atoms with Crippen LogP contribution in [0.5, 0.6) is 0 Å². The molecule has 29 heavy (non-hydrogen) atoms. The van der Waals surface area contributed by atoms with Gasteiger partial charge in [0.1, 0.15) is 0 Å². The van der Waals surface area contributed by atoms with Crippen LogP contribution in [-0.4, -0.2) is 52.7 Å². The van der Waals surface area contributed by atoms with E-state index in [-0.39, 0.29) is 42.5 Å². The fourth-order valence-electron chi connectivity index (χ4n) is 4.85. The number of piperidine rings is 1. The highest BCUT2D eigenvalue weighted by molar-refractivity contribution is 5.85. The number of carbonyl (C=O) groups excluding carboxylic acids is 1. The van der Waals surface area contributed by atoms with E-state index in [9.17, 15) is 9.59 Å². The SMILES string of the molecule is CN1CC2(CCNCC2)CC1C(=O)NCc1ccc2c(c1)n(C)c(=O)n2C.Cl.Cl. The number of halogens is 2. The average Bonchev–Trinajstić information content (AvgIpc) is 3.10. The minimum absolute atomic E-state index is 0. The summed E-state index contributed by atoms with van der Waals surface area (Å²) < 4.78 is 3.29. The van der Waals surface area contributed by atoms with Gasteiger partial charge in [-0.15, -0.1) is 24.8 Å². The molecule has 1 amide bonds. The van der Waals surface area contributed by atoms with Gasteiger partial charge in [-0.05, 0) is 62.5 Å².